The average Bonchev–Trinajstić information content (AvgIpc) is 4.24. The number of aliphatic hydroxyl groups excluding tert-OH is 1. The molecule has 4 saturated carbocycles. The van der Waals surface area contributed by atoms with Crippen molar-refractivity contribution in [3.8, 4) is 11.8 Å². The van der Waals surface area contributed by atoms with Gasteiger partial charge in [-0.15, -0.1) is 0 Å². The van der Waals surface area contributed by atoms with Crippen molar-refractivity contribution < 1.29 is 36.4 Å². The van der Waals surface area contributed by atoms with Crippen molar-refractivity contribution in [3.05, 3.63) is 136 Å². The largest absolute Gasteiger partial charge is 0.397 e. The van der Waals surface area contributed by atoms with E-state index in [1.807, 2.05) is 51.1 Å². The first-order valence-electron chi connectivity index (χ1n) is 23.8. The molecule has 8 aliphatic rings. The number of aryl methyl sites for hydroxylation is 1. The number of nitrogens with zero attached hydrogens (tertiary/aromatic N) is 4. The van der Waals surface area contributed by atoms with Gasteiger partial charge < -0.3 is 33.5 Å². The number of aliphatic imine (C=N–C) groups is 2. The van der Waals surface area contributed by atoms with E-state index in [2.05, 4.69) is 58.2 Å². The molecule has 12 rings (SSSR count). The van der Waals surface area contributed by atoms with Crippen molar-refractivity contribution in [1.82, 2.24) is 9.97 Å². The molecule has 5 N–H and O–H groups in total. The van der Waals surface area contributed by atoms with Gasteiger partial charge in [-0.2, -0.15) is 0 Å². The van der Waals surface area contributed by atoms with E-state index in [1.54, 1.807) is 6.92 Å². The summed E-state index contributed by atoms with van der Waals surface area (Å²) in [6, 6.07) is 18.0. The summed E-state index contributed by atoms with van der Waals surface area (Å²) in [7, 11) is 3.68. The van der Waals surface area contributed by atoms with Gasteiger partial charge in [0.25, 0.3) is 0 Å². The number of fused-ring (bicyclic) bond motifs is 10. The fourth-order valence-electron chi connectivity index (χ4n) is 12.6. The molecule has 6 aliphatic carbocycles. The minimum absolute atomic E-state index is 0. The van der Waals surface area contributed by atoms with Crippen LogP contribution in [0.1, 0.15) is 147 Å². The number of aromatic nitrogens is 2. The minimum Gasteiger partial charge on any atom is -0.397 e. The van der Waals surface area contributed by atoms with E-state index in [0.717, 1.165) is 86.8 Å². The van der Waals surface area contributed by atoms with E-state index in [-0.39, 0.29) is 52.3 Å². The normalized spacial score (nSPS) is 29.4. The number of methoxy groups -OCH3 is 2. The number of pyridine rings is 2. The fourth-order valence-corrected chi connectivity index (χ4v) is 12.6. The Hall–Kier alpha value is -4.22. The molecule has 0 saturated heterocycles. The Kier molecular flexibility index (Phi) is 13.7. The van der Waals surface area contributed by atoms with Crippen LogP contribution in [0.25, 0.3) is 0 Å². The molecule has 10 heteroatoms. The summed E-state index contributed by atoms with van der Waals surface area (Å²) in [4.78, 5) is 19.6. The summed E-state index contributed by atoms with van der Waals surface area (Å²) in [6.45, 7) is 1.93. The van der Waals surface area contributed by atoms with Crippen LogP contribution in [0.15, 0.2) is 83.3 Å². The molecule has 0 radical (unpaired) electrons. The maximum Gasteiger partial charge on any atom is 0.127 e. The third-order valence-corrected chi connectivity index (χ3v) is 16.2. The molecular formula is C55H69N6O3Pd-. The van der Waals surface area contributed by atoms with Crippen molar-refractivity contribution in [1.29, 1.82) is 0 Å². The summed E-state index contributed by atoms with van der Waals surface area (Å²) >= 11 is 0. The quantitative estimate of drug-likeness (QED) is 0.103. The molecule has 0 amide bonds. The van der Waals surface area contributed by atoms with Gasteiger partial charge in [0.2, 0.25) is 0 Å². The Morgan fingerprint density at radius 2 is 1.18 bits per heavy atom. The molecule has 2 aromatic heterocycles. The number of hydrogen-bond acceptors (Lipinski definition) is 9. The molecule has 4 spiro atoms. The smallest absolute Gasteiger partial charge is 0.127 e. The molecule has 4 aromatic rings. The number of benzene rings is 2. The van der Waals surface area contributed by atoms with Crippen LogP contribution in [-0.4, -0.2) is 59.8 Å². The zero-order valence-corrected chi connectivity index (χ0v) is 40.3. The van der Waals surface area contributed by atoms with Gasteiger partial charge in [0.05, 0.1) is 12.2 Å². The van der Waals surface area contributed by atoms with E-state index in [4.69, 9.17) is 36.0 Å². The van der Waals surface area contributed by atoms with Crippen molar-refractivity contribution in [3.63, 3.8) is 0 Å². The summed E-state index contributed by atoms with van der Waals surface area (Å²) < 4.78 is 11.4. The second-order valence-corrected chi connectivity index (χ2v) is 19.7. The Labute approximate surface area is 402 Å². The monoisotopic (exact) mass is 967 g/mol. The molecule has 65 heavy (non-hydrogen) atoms. The van der Waals surface area contributed by atoms with Gasteiger partial charge in [-0.1, -0.05) is 48.9 Å². The maximum absolute atomic E-state index is 7.57. The van der Waals surface area contributed by atoms with Crippen LogP contribution >= 0.6 is 0 Å². The van der Waals surface area contributed by atoms with Crippen LogP contribution in [0.3, 0.4) is 0 Å². The van der Waals surface area contributed by atoms with Crippen LogP contribution < -0.4 is 11.5 Å². The molecular weight excluding hydrogens is 899 g/mol. The SMILES string of the molecule is CCO.COC1CCC2(CC1)Cc1ccc(C#CC3CC3)cc1C21N=C(N)c2ccncc21.COC1CCC2(CC1)Cc1ccc(CCC3CC3)cc1C21N=C(N)c2ccncc21.[CH3-].[HH].[Pd]. The molecule has 4 heterocycles. The Morgan fingerprint density at radius 3 is 1.66 bits per heavy atom. The number of nitrogens with two attached hydrogens (primary N) is 2. The van der Waals surface area contributed by atoms with Gasteiger partial charge in [0, 0.05) is 112 Å². The summed E-state index contributed by atoms with van der Waals surface area (Å²) in [5.41, 5.74) is 24.9. The van der Waals surface area contributed by atoms with Crippen LogP contribution in [0.4, 0.5) is 0 Å². The minimum atomic E-state index is -0.452. The van der Waals surface area contributed by atoms with E-state index in [1.165, 1.54) is 77.5 Å². The first kappa shape index (κ1) is 47.3. The zero-order valence-electron chi connectivity index (χ0n) is 38.8. The third kappa shape index (κ3) is 8.02. The number of rotatable bonds is 5. The molecule has 2 unspecified atom stereocenters. The predicted molar refractivity (Wildman–Crippen MR) is 257 cm³/mol. The second kappa shape index (κ2) is 18.8. The van der Waals surface area contributed by atoms with Crippen LogP contribution in [0.5, 0.6) is 0 Å². The van der Waals surface area contributed by atoms with Gasteiger partial charge in [-0.25, -0.2) is 0 Å². The van der Waals surface area contributed by atoms with Gasteiger partial charge in [-0.05, 0) is 155 Å². The molecule has 2 aromatic carbocycles. The summed E-state index contributed by atoms with van der Waals surface area (Å²) in [5, 5.41) is 7.57. The second-order valence-electron chi connectivity index (χ2n) is 19.7. The molecule has 2 aliphatic heterocycles. The fraction of sp³-hybridized carbons (Fsp3) is 0.509. The van der Waals surface area contributed by atoms with E-state index >= 15 is 0 Å². The molecule has 9 nitrogen and oxygen atoms in total. The van der Waals surface area contributed by atoms with E-state index in [0.29, 0.717) is 29.8 Å². The first-order valence-corrected chi connectivity index (χ1v) is 23.8. The van der Waals surface area contributed by atoms with Crippen molar-refractivity contribution >= 4 is 11.7 Å². The van der Waals surface area contributed by atoms with Gasteiger partial charge in [0.15, 0.2) is 0 Å². The standard InChI is InChI=1S/C26H31N3O.C26H27N3O.C2H6O.CH3.Pd.H2/c2*1-30-20-8-11-25(12-9-20)15-19-7-6-18(5-4-17-2-3-17)14-22(19)26(25)23-16-28-13-10-21(23)24(27)29-26;1-2-3;;;/h6-7,10,13-14,16-17,20H,2-5,8-9,11-12,15H2,1H3,(H2,27,29);6-7,10,13-14,16-17,20H,2-3,8-9,11-12,15H2,1H3,(H2,27,29);3H,2H2,1H3;1H3;;1H/q;;;-1;;. The van der Waals surface area contributed by atoms with E-state index < -0.39 is 5.54 Å². The summed E-state index contributed by atoms with van der Waals surface area (Å²) in [6.07, 6.45) is 27.0. The maximum atomic E-state index is 7.57. The molecule has 4 fully saturated rings. The molecule has 2 atom stereocenters. The predicted octanol–water partition coefficient (Wildman–Crippen LogP) is 9.15. The topological polar surface area (TPSA) is 141 Å². The molecule has 348 valence electrons. The van der Waals surface area contributed by atoms with Crippen LogP contribution in [0.2, 0.25) is 0 Å². The van der Waals surface area contributed by atoms with Crippen LogP contribution in [-0.2, 0) is 60.2 Å². The molecule has 0 bridgehead atoms. The van der Waals surface area contributed by atoms with Gasteiger partial charge in [-0.3, -0.25) is 20.0 Å². The van der Waals surface area contributed by atoms with Crippen molar-refractivity contribution in [2.75, 3.05) is 20.8 Å². The van der Waals surface area contributed by atoms with Gasteiger partial charge in [0.1, 0.15) is 22.7 Å². The first-order chi connectivity index (χ1) is 30.7. The number of ether oxygens (including phenoxy) is 2. The Morgan fingerprint density at radius 1 is 0.692 bits per heavy atom. The zero-order chi connectivity index (χ0) is 43.4. The third-order valence-electron chi connectivity index (χ3n) is 16.2. The average molecular weight is 969 g/mol. The Balaban J connectivity index is 0.000000178. The summed E-state index contributed by atoms with van der Waals surface area (Å²) in [5.74, 6) is 9.70. The number of amidine groups is 2. The number of hydrogen-bond donors (Lipinski definition) is 3. The van der Waals surface area contributed by atoms with Crippen molar-refractivity contribution in [2.24, 2.45) is 44.1 Å². The Bertz CT molecular complexity index is 2510. The van der Waals surface area contributed by atoms with Crippen LogP contribution in [0, 0.1) is 41.9 Å². The number of aliphatic hydroxyl groups is 1. The van der Waals surface area contributed by atoms with Crippen molar-refractivity contribution in [2.45, 2.75) is 133 Å². The van der Waals surface area contributed by atoms with E-state index in [9.17, 15) is 0 Å². The van der Waals surface area contributed by atoms with Gasteiger partial charge >= 0.3 is 0 Å².